The van der Waals surface area contributed by atoms with E-state index >= 15 is 0 Å². The number of methoxy groups -OCH3 is 1. The molecule has 3 N–H and O–H groups in total. The number of hydrogen-bond donors (Lipinski definition) is 3. The van der Waals surface area contributed by atoms with E-state index in [1.807, 2.05) is 0 Å². The van der Waals surface area contributed by atoms with E-state index in [-0.39, 0.29) is 0 Å². The number of anilines is 1. The van der Waals surface area contributed by atoms with E-state index in [4.69, 9.17) is 9.47 Å². The maximum absolute atomic E-state index is 12.0. The Morgan fingerprint density at radius 2 is 1.81 bits per heavy atom. The lowest BCUT2D eigenvalue weighted by molar-refractivity contribution is -0.150. The van der Waals surface area contributed by atoms with Crippen molar-refractivity contribution >= 4 is 23.5 Å². The van der Waals surface area contributed by atoms with Crippen LogP contribution in [-0.2, 0) is 14.3 Å². The highest BCUT2D eigenvalue weighted by atomic mass is 16.5. The lowest BCUT2D eigenvalue weighted by Gasteiger charge is -2.15. The van der Waals surface area contributed by atoms with Crippen molar-refractivity contribution in [2.45, 2.75) is 6.04 Å². The lowest BCUT2D eigenvalue weighted by Crippen LogP contribution is -2.45. The van der Waals surface area contributed by atoms with Crippen molar-refractivity contribution in [3.05, 3.63) is 60.2 Å². The van der Waals surface area contributed by atoms with Crippen molar-refractivity contribution < 1.29 is 29.0 Å². The molecule has 0 bridgehead atoms. The molecule has 0 saturated heterocycles. The zero-order chi connectivity index (χ0) is 19.6. The molecule has 8 heteroatoms. The fourth-order valence-electron chi connectivity index (χ4n) is 2.15. The Bertz CT molecular complexity index is 794. The number of esters is 1. The van der Waals surface area contributed by atoms with E-state index < -0.39 is 37.0 Å². The molecule has 0 heterocycles. The van der Waals surface area contributed by atoms with Gasteiger partial charge >= 0.3 is 5.97 Å². The summed E-state index contributed by atoms with van der Waals surface area (Å²) >= 11 is 0. The fourth-order valence-corrected chi connectivity index (χ4v) is 2.15. The van der Waals surface area contributed by atoms with Gasteiger partial charge in [0, 0.05) is 17.3 Å². The molecule has 1 unspecified atom stereocenters. The first-order valence-corrected chi connectivity index (χ1v) is 8.10. The van der Waals surface area contributed by atoms with Crippen LogP contribution in [0.2, 0.25) is 0 Å². The van der Waals surface area contributed by atoms with E-state index in [1.54, 1.807) is 54.6 Å². The summed E-state index contributed by atoms with van der Waals surface area (Å²) in [6, 6.07) is 13.6. The van der Waals surface area contributed by atoms with Gasteiger partial charge in [-0.15, -0.1) is 0 Å². The van der Waals surface area contributed by atoms with Crippen LogP contribution in [0.5, 0.6) is 5.75 Å². The number of ether oxygens (including phenoxy) is 2. The molecule has 2 rings (SSSR count). The quantitative estimate of drug-likeness (QED) is 0.595. The van der Waals surface area contributed by atoms with Crippen molar-refractivity contribution in [3.63, 3.8) is 0 Å². The zero-order valence-corrected chi connectivity index (χ0v) is 14.7. The zero-order valence-electron chi connectivity index (χ0n) is 14.7. The van der Waals surface area contributed by atoms with Gasteiger partial charge in [0.1, 0.15) is 5.75 Å². The number of amides is 2. The molecule has 2 aromatic carbocycles. The molecule has 2 amide bonds. The minimum absolute atomic E-state index is 0.333. The summed E-state index contributed by atoms with van der Waals surface area (Å²) < 4.78 is 9.91. The van der Waals surface area contributed by atoms with E-state index in [0.717, 1.165) is 0 Å². The highest BCUT2D eigenvalue weighted by Crippen LogP contribution is 2.16. The van der Waals surface area contributed by atoms with Crippen molar-refractivity contribution in [3.8, 4) is 5.75 Å². The molecular weight excluding hydrogens is 352 g/mol. The average molecular weight is 372 g/mol. The minimum Gasteiger partial charge on any atom is -0.497 e. The van der Waals surface area contributed by atoms with Crippen LogP contribution in [-0.4, -0.2) is 49.3 Å². The van der Waals surface area contributed by atoms with Crippen LogP contribution in [0.15, 0.2) is 54.6 Å². The van der Waals surface area contributed by atoms with Crippen LogP contribution in [0.4, 0.5) is 5.69 Å². The Kier molecular flexibility index (Phi) is 7.33. The van der Waals surface area contributed by atoms with Crippen LogP contribution in [0, 0.1) is 0 Å². The summed E-state index contributed by atoms with van der Waals surface area (Å²) in [5.74, 6) is -1.45. The van der Waals surface area contributed by atoms with Crippen LogP contribution in [0.25, 0.3) is 0 Å². The second-order valence-electron chi connectivity index (χ2n) is 5.46. The van der Waals surface area contributed by atoms with E-state index in [1.165, 1.54) is 7.11 Å². The van der Waals surface area contributed by atoms with E-state index in [9.17, 15) is 19.5 Å². The van der Waals surface area contributed by atoms with Crippen LogP contribution in [0.3, 0.4) is 0 Å². The van der Waals surface area contributed by atoms with Gasteiger partial charge in [0.25, 0.3) is 11.8 Å². The molecule has 0 aromatic heterocycles. The Morgan fingerprint density at radius 1 is 1.07 bits per heavy atom. The lowest BCUT2D eigenvalue weighted by atomic mass is 10.2. The van der Waals surface area contributed by atoms with Gasteiger partial charge in [0.2, 0.25) is 0 Å². The predicted octanol–water partition coefficient (Wildman–Crippen LogP) is 0.968. The van der Waals surface area contributed by atoms with E-state index in [0.29, 0.717) is 17.0 Å². The Balaban J connectivity index is 1.85. The second-order valence-corrected chi connectivity index (χ2v) is 5.46. The van der Waals surface area contributed by atoms with Crippen molar-refractivity contribution in [1.82, 2.24) is 5.32 Å². The average Bonchev–Trinajstić information content (AvgIpc) is 2.70. The van der Waals surface area contributed by atoms with Crippen LogP contribution < -0.4 is 15.4 Å². The Hall–Kier alpha value is -3.39. The third-order valence-corrected chi connectivity index (χ3v) is 3.51. The van der Waals surface area contributed by atoms with E-state index in [2.05, 4.69) is 10.6 Å². The smallest absolute Gasteiger partial charge is 0.331 e. The van der Waals surface area contributed by atoms with Gasteiger partial charge in [-0.3, -0.25) is 9.59 Å². The minimum atomic E-state index is -1.28. The summed E-state index contributed by atoms with van der Waals surface area (Å²) in [4.78, 5) is 35.9. The van der Waals surface area contributed by atoms with Crippen molar-refractivity contribution in [2.75, 3.05) is 25.6 Å². The SMILES string of the molecule is COc1cccc(NC(=O)COC(=O)C(CO)NC(=O)c2ccccc2)c1. The summed E-state index contributed by atoms with van der Waals surface area (Å²) in [7, 11) is 1.50. The molecule has 0 aliphatic heterocycles. The third kappa shape index (κ3) is 6.12. The van der Waals surface area contributed by atoms with Gasteiger partial charge in [-0.1, -0.05) is 24.3 Å². The number of carbonyl (C=O) groups excluding carboxylic acids is 3. The molecule has 0 fully saturated rings. The first kappa shape index (κ1) is 19.9. The monoisotopic (exact) mass is 372 g/mol. The Morgan fingerprint density at radius 3 is 2.48 bits per heavy atom. The first-order chi connectivity index (χ1) is 13.0. The molecule has 27 heavy (non-hydrogen) atoms. The topological polar surface area (TPSA) is 114 Å². The number of hydrogen-bond acceptors (Lipinski definition) is 6. The molecular formula is C19H20N2O6. The maximum atomic E-state index is 12.0. The molecule has 142 valence electrons. The maximum Gasteiger partial charge on any atom is 0.331 e. The van der Waals surface area contributed by atoms with Gasteiger partial charge in [0.15, 0.2) is 12.6 Å². The number of carbonyl (C=O) groups is 3. The summed E-state index contributed by atoms with van der Waals surface area (Å²) in [5.41, 5.74) is 0.811. The predicted molar refractivity (Wildman–Crippen MR) is 97.4 cm³/mol. The molecule has 0 radical (unpaired) electrons. The highest BCUT2D eigenvalue weighted by Gasteiger charge is 2.23. The number of rotatable bonds is 8. The van der Waals surface area contributed by atoms with Gasteiger partial charge in [-0.25, -0.2) is 4.79 Å². The fraction of sp³-hybridized carbons (Fsp3) is 0.211. The van der Waals surface area contributed by atoms with Crippen molar-refractivity contribution in [2.24, 2.45) is 0 Å². The standard InChI is InChI=1S/C19H20N2O6/c1-26-15-9-5-8-14(10-15)20-17(23)12-27-19(25)16(11-22)21-18(24)13-6-3-2-4-7-13/h2-10,16,22H,11-12H2,1H3,(H,20,23)(H,21,24). The van der Waals surface area contributed by atoms with Crippen LogP contribution >= 0.6 is 0 Å². The largest absolute Gasteiger partial charge is 0.497 e. The molecule has 8 nitrogen and oxygen atoms in total. The molecule has 0 saturated carbocycles. The van der Waals surface area contributed by atoms with Gasteiger partial charge in [-0.05, 0) is 24.3 Å². The summed E-state index contributed by atoms with van der Waals surface area (Å²) in [6.45, 7) is -1.22. The highest BCUT2D eigenvalue weighted by molar-refractivity contribution is 5.97. The number of nitrogens with one attached hydrogen (secondary N) is 2. The van der Waals surface area contributed by atoms with Gasteiger partial charge in [-0.2, -0.15) is 0 Å². The molecule has 0 spiro atoms. The number of aliphatic hydroxyl groups excluding tert-OH is 1. The third-order valence-electron chi connectivity index (χ3n) is 3.51. The second kappa shape index (κ2) is 9.93. The van der Waals surface area contributed by atoms with Crippen molar-refractivity contribution in [1.29, 1.82) is 0 Å². The van der Waals surface area contributed by atoms with Crippen LogP contribution in [0.1, 0.15) is 10.4 Å². The molecule has 2 aromatic rings. The summed E-state index contributed by atoms with van der Waals surface area (Å²) in [5, 5.41) is 14.2. The molecule has 0 aliphatic carbocycles. The Labute approximate surface area is 156 Å². The summed E-state index contributed by atoms with van der Waals surface area (Å²) in [6.07, 6.45) is 0. The van der Waals surface area contributed by atoms with Gasteiger partial charge < -0.3 is 25.2 Å². The normalized spacial score (nSPS) is 11.2. The number of benzene rings is 2. The van der Waals surface area contributed by atoms with Gasteiger partial charge in [0.05, 0.1) is 13.7 Å². The first-order valence-electron chi connectivity index (χ1n) is 8.10. The molecule has 0 aliphatic rings. The molecule has 1 atom stereocenters. The number of aliphatic hydroxyl groups is 1.